The standard InChI is InChI=1S/C16H22N2O3/c1-13(2)21-9-7-18(3)16(20)15-10-14(11-17-12-15)6-4-5-8-19/h10-13,19H,5,7-9H2,1-3H3. The van der Waals surface area contributed by atoms with Gasteiger partial charge in [0.15, 0.2) is 0 Å². The first-order chi connectivity index (χ1) is 10.0. The molecule has 1 N–H and O–H groups in total. The van der Waals surface area contributed by atoms with Crippen LogP contribution in [0.25, 0.3) is 0 Å². The van der Waals surface area contributed by atoms with Gasteiger partial charge in [-0.3, -0.25) is 9.78 Å². The summed E-state index contributed by atoms with van der Waals surface area (Å²) in [5.41, 5.74) is 1.17. The van der Waals surface area contributed by atoms with Crippen LogP contribution in [0.15, 0.2) is 18.5 Å². The number of hydrogen-bond donors (Lipinski definition) is 1. The molecule has 5 heteroatoms. The topological polar surface area (TPSA) is 62.7 Å². The van der Waals surface area contributed by atoms with Crippen LogP contribution in [0.3, 0.4) is 0 Å². The minimum atomic E-state index is -0.110. The van der Waals surface area contributed by atoms with Gasteiger partial charge in [-0.1, -0.05) is 11.8 Å². The van der Waals surface area contributed by atoms with E-state index in [4.69, 9.17) is 9.84 Å². The molecule has 0 radical (unpaired) electrons. The summed E-state index contributed by atoms with van der Waals surface area (Å²) >= 11 is 0. The van der Waals surface area contributed by atoms with E-state index in [1.54, 1.807) is 24.2 Å². The van der Waals surface area contributed by atoms with Gasteiger partial charge in [0.05, 0.1) is 24.9 Å². The molecule has 0 aliphatic rings. The van der Waals surface area contributed by atoms with Gasteiger partial charge in [0.25, 0.3) is 5.91 Å². The van der Waals surface area contributed by atoms with Crippen LogP contribution >= 0.6 is 0 Å². The Labute approximate surface area is 125 Å². The number of amides is 1. The summed E-state index contributed by atoms with van der Waals surface area (Å²) in [5.74, 6) is 5.57. The normalized spacial score (nSPS) is 10.1. The summed E-state index contributed by atoms with van der Waals surface area (Å²) in [5, 5.41) is 8.69. The van der Waals surface area contributed by atoms with Crippen LogP contribution in [0.5, 0.6) is 0 Å². The monoisotopic (exact) mass is 290 g/mol. The summed E-state index contributed by atoms with van der Waals surface area (Å²) in [6.07, 6.45) is 3.69. The van der Waals surface area contributed by atoms with Crippen molar-refractivity contribution in [2.75, 3.05) is 26.8 Å². The van der Waals surface area contributed by atoms with Gasteiger partial charge < -0.3 is 14.7 Å². The van der Waals surface area contributed by atoms with Gasteiger partial charge in [-0.25, -0.2) is 0 Å². The summed E-state index contributed by atoms with van der Waals surface area (Å²) in [6, 6.07) is 1.71. The fourth-order valence-electron chi connectivity index (χ4n) is 1.59. The summed E-state index contributed by atoms with van der Waals surface area (Å²) < 4.78 is 5.43. The molecule has 0 fully saturated rings. The van der Waals surface area contributed by atoms with E-state index < -0.39 is 0 Å². The number of carbonyl (C=O) groups is 1. The summed E-state index contributed by atoms with van der Waals surface area (Å²) in [4.78, 5) is 17.9. The van der Waals surface area contributed by atoms with Crippen molar-refractivity contribution in [2.45, 2.75) is 26.4 Å². The maximum absolute atomic E-state index is 12.2. The zero-order valence-corrected chi connectivity index (χ0v) is 12.8. The van der Waals surface area contributed by atoms with Crippen LogP contribution in [-0.4, -0.2) is 53.8 Å². The summed E-state index contributed by atoms with van der Waals surface area (Å²) in [6.45, 7) is 4.97. The molecule has 5 nitrogen and oxygen atoms in total. The number of aliphatic hydroxyl groups is 1. The fraction of sp³-hybridized carbons (Fsp3) is 0.500. The Hall–Kier alpha value is -1.90. The second-order valence-electron chi connectivity index (χ2n) is 4.88. The number of aliphatic hydroxyl groups excluding tert-OH is 1. The van der Waals surface area contributed by atoms with Crippen molar-refractivity contribution >= 4 is 5.91 Å². The van der Waals surface area contributed by atoms with Gasteiger partial charge in [-0.2, -0.15) is 0 Å². The Morgan fingerprint density at radius 1 is 1.48 bits per heavy atom. The van der Waals surface area contributed by atoms with Crippen molar-refractivity contribution < 1.29 is 14.6 Å². The molecule has 21 heavy (non-hydrogen) atoms. The molecule has 0 saturated carbocycles. The van der Waals surface area contributed by atoms with Crippen LogP contribution < -0.4 is 0 Å². The third-order valence-electron chi connectivity index (χ3n) is 2.68. The lowest BCUT2D eigenvalue weighted by Crippen LogP contribution is -2.30. The molecule has 0 spiro atoms. The average molecular weight is 290 g/mol. The predicted octanol–water partition coefficient (Wildman–Crippen LogP) is 1.31. The average Bonchev–Trinajstić information content (AvgIpc) is 2.46. The number of pyridine rings is 1. The highest BCUT2D eigenvalue weighted by atomic mass is 16.5. The van der Waals surface area contributed by atoms with Crippen molar-refractivity contribution in [1.29, 1.82) is 0 Å². The minimum Gasteiger partial charge on any atom is -0.395 e. The Morgan fingerprint density at radius 3 is 2.90 bits per heavy atom. The van der Waals surface area contributed by atoms with Gasteiger partial charge in [0.1, 0.15) is 0 Å². The Morgan fingerprint density at radius 2 is 2.24 bits per heavy atom. The number of carbonyl (C=O) groups excluding carboxylic acids is 1. The van der Waals surface area contributed by atoms with Crippen LogP contribution in [0.4, 0.5) is 0 Å². The highest BCUT2D eigenvalue weighted by Gasteiger charge is 2.12. The number of nitrogens with zero attached hydrogens (tertiary/aromatic N) is 2. The lowest BCUT2D eigenvalue weighted by Gasteiger charge is -2.18. The molecule has 1 aromatic heterocycles. The molecule has 0 atom stereocenters. The number of rotatable bonds is 6. The molecule has 1 amide bonds. The second kappa shape index (κ2) is 9.11. The molecule has 0 bridgehead atoms. The van der Waals surface area contributed by atoms with E-state index in [2.05, 4.69) is 16.8 Å². The van der Waals surface area contributed by atoms with Gasteiger partial charge in [-0.05, 0) is 19.9 Å². The third kappa shape index (κ3) is 6.39. The first kappa shape index (κ1) is 17.2. The van der Waals surface area contributed by atoms with Gasteiger partial charge in [0, 0.05) is 38.0 Å². The first-order valence-corrected chi connectivity index (χ1v) is 6.96. The molecule has 0 aliphatic heterocycles. The molecule has 1 rings (SSSR count). The molecule has 1 heterocycles. The van der Waals surface area contributed by atoms with Crippen LogP contribution in [-0.2, 0) is 4.74 Å². The lowest BCUT2D eigenvalue weighted by atomic mass is 10.2. The maximum Gasteiger partial charge on any atom is 0.255 e. The van der Waals surface area contributed by atoms with Crippen molar-refractivity contribution in [2.24, 2.45) is 0 Å². The molecular formula is C16H22N2O3. The van der Waals surface area contributed by atoms with E-state index in [0.717, 1.165) is 0 Å². The van der Waals surface area contributed by atoms with Crippen molar-refractivity contribution in [1.82, 2.24) is 9.88 Å². The van der Waals surface area contributed by atoms with Crippen molar-refractivity contribution in [3.8, 4) is 11.8 Å². The van der Waals surface area contributed by atoms with E-state index in [1.807, 2.05) is 13.8 Å². The zero-order valence-electron chi connectivity index (χ0n) is 12.8. The molecule has 0 unspecified atom stereocenters. The van der Waals surface area contributed by atoms with Crippen LogP contribution in [0, 0.1) is 11.8 Å². The third-order valence-corrected chi connectivity index (χ3v) is 2.68. The smallest absolute Gasteiger partial charge is 0.255 e. The molecule has 114 valence electrons. The maximum atomic E-state index is 12.2. The van der Waals surface area contributed by atoms with E-state index in [1.165, 1.54) is 6.20 Å². The Kier molecular flexibility index (Phi) is 7.44. The number of likely N-dealkylation sites (N-methyl/N-ethyl adjacent to an activating group) is 1. The van der Waals surface area contributed by atoms with Gasteiger partial charge >= 0.3 is 0 Å². The van der Waals surface area contributed by atoms with Crippen LogP contribution in [0.1, 0.15) is 36.2 Å². The quantitative estimate of drug-likeness (QED) is 0.803. The van der Waals surface area contributed by atoms with E-state index in [9.17, 15) is 4.79 Å². The highest BCUT2D eigenvalue weighted by Crippen LogP contribution is 2.05. The van der Waals surface area contributed by atoms with E-state index >= 15 is 0 Å². The first-order valence-electron chi connectivity index (χ1n) is 6.96. The van der Waals surface area contributed by atoms with Gasteiger partial charge in [0.2, 0.25) is 0 Å². The number of hydrogen-bond acceptors (Lipinski definition) is 4. The molecule has 0 aliphatic carbocycles. The van der Waals surface area contributed by atoms with E-state index in [-0.39, 0.29) is 18.6 Å². The Balaban J connectivity index is 2.65. The molecule has 1 aromatic rings. The Bertz CT molecular complexity index is 518. The second-order valence-corrected chi connectivity index (χ2v) is 4.88. The predicted molar refractivity (Wildman–Crippen MR) is 80.9 cm³/mol. The van der Waals surface area contributed by atoms with E-state index in [0.29, 0.717) is 30.7 Å². The van der Waals surface area contributed by atoms with Crippen LogP contribution in [0.2, 0.25) is 0 Å². The number of ether oxygens (including phenoxy) is 1. The van der Waals surface area contributed by atoms with Gasteiger partial charge in [-0.15, -0.1) is 0 Å². The number of aromatic nitrogens is 1. The highest BCUT2D eigenvalue weighted by molar-refractivity contribution is 5.94. The van der Waals surface area contributed by atoms with Crippen molar-refractivity contribution in [3.05, 3.63) is 29.6 Å². The summed E-state index contributed by atoms with van der Waals surface area (Å²) in [7, 11) is 1.73. The fourth-order valence-corrected chi connectivity index (χ4v) is 1.59. The molecular weight excluding hydrogens is 268 g/mol. The minimum absolute atomic E-state index is 0.0254. The molecule has 0 aromatic carbocycles. The molecule has 0 saturated heterocycles. The largest absolute Gasteiger partial charge is 0.395 e. The van der Waals surface area contributed by atoms with Crippen molar-refractivity contribution in [3.63, 3.8) is 0 Å². The SMILES string of the molecule is CC(C)OCCN(C)C(=O)c1cncc(C#CCCO)c1. The zero-order chi connectivity index (χ0) is 15.7. The lowest BCUT2D eigenvalue weighted by molar-refractivity contribution is 0.0532.